The molecule has 0 aliphatic rings. The summed E-state index contributed by atoms with van der Waals surface area (Å²) in [6.45, 7) is 5.18. The number of hydrogen-bond acceptors (Lipinski definition) is 13. The van der Waals surface area contributed by atoms with Gasteiger partial charge in [-0.05, 0) is 67.6 Å². The standard InChI is InChI=1S/C15H19BrN2O5.C15H13N3O2S2.C5H5NS2.BrH/c1-15(2,3)23-14(20)17-12(13(19)9-16)8-10-4-6-11(7-5-10)18(21)22;16-12(8-10-3-5-11(6-4-10)18(19)20)13-9-22-15(17-13)14-2-1-7-21-14;6-5(7)4-2-1-3-8-4;/h4-7,12H,8-9H2,1-3H3,(H,17,20);1-7,9,12H,8,16H2;1-3H,(H2,6,7);1H/t2*12-;;/m00../s1. The molecule has 0 saturated heterocycles. The van der Waals surface area contributed by atoms with Gasteiger partial charge in [-0.2, -0.15) is 0 Å². The number of Topliss-reactive ketones (excluding diaryl/α,β-unsaturated/α-hetero) is 1. The second-order valence-corrected chi connectivity index (χ2v) is 15.8. The van der Waals surface area contributed by atoms with Crippen molar-refractivity contribution in [3.8, 4) is 9.88 Å². The molecule has 3 heterocycles. The number of nitrogens with one attached hydrogen (secondary N) is 1. The fourth-order valence-corrected chi connectivity index (χ4v) is 7.16. The van der Waals surface area contributed by atoms with E-state index in [2.05, 4.69) is 26.2 Å². The second kappa shape index (κ2) is 22.4. The highest BCUT2D eigenvalue weighted by atomic mass is 79.9. The molecule has 1 amide bonds. The number of thiophene rings is 2. The fraction of sp³-hybridized carbons (Fsp3) is 0.257. The third kappa shape index (κ3) is 15.8. The van der Waals surface area contributed by atoms with Crippen LogP contribution in [0.1, 0.15) is 48.5 Å². The average molecular weight is 943 g/mol. The van der Waals surface area contributed by atoms with Gasteiger partial charge >= 0.3 is 6.09 Å². The highest BCUT2D eigenvalue weighted by Gasteiger charge is 2.24. The highest BCUT2D eigenvalue weighted by molar-refractivity contribution is 9.09. The van der Waals surface area contributed by atoms with Crippen LogP contribution in [-0.2, 0) is 22.4 Å². The molecule has 54 heavy (non-hydrogen) atoms. The van der Waals surface area contributed by atoms with E-state index >= 15 is 0 Å². The van der Waals surface area contributed by atoms with E-state index in [4.69, 9.17) is 28.4 Å². The van der Waals surface area contributed by atoms with Crippen molar-refractivity contribution < 1.29 is 24.2 Å². The minimum atomic E-state index is -0.773. The van der Waals surface area contributed by atoms with Gasteiger partial charge in [0.2, 0.25) is 0 Å². The van der Waals surface area contributed by atoms with Crippen LogP contribution in [0.15, 0.2) is 88.9 Å². The molecule has 0 aliphatic carbocycles. The summed E-state index contributed by atoms with van der Waals surface area (Å²) in [5.74, 6) is -0.214. The summed E-state index contributed by atoms with van der Waals surface area (Å²) in [5, 5.41) is 30.8. The van der Waals surface area contributed by atoms with Crippen molar-refractivity contribution >= 4 is 107 Å². The average Bonchev–Trinajstić information content (AvgIpc) is 3.92. The van der Waals surface area contributed by atoms with Crippen LogP contribution in [0.25, 0.3) is 9.88 Å². The van der Waals surface area contributed by atoms with Gasteiger partial charge in [-0.25, -0.2) is 9.78 Å². The Hall–Kier alpha value is -3.98. The van der Waals surface area contributed by atoms with Gasteiger partial charge in [-0.3, -0.25) is 25.0 Å². The molecule has 5 N–H and O–H groups in total. The number of nitrogens with zero attached hydrogens (tertiary/aromatic N) is 3. The predicted molar refractivity (Wildman–Crippen MR) is 228 cm³/mol. The number of nitrogens with two attached hydrogens (primary N) is 2. The number of nitro benzene ring substituents is 2. The van der Waals surface area contributed by atoms with Crippen LogP contribution in [0.2, 0.25) is 0 Å². The lowest BCUT2D eigenvalue weighted by Gasteiger charge is -2.23. The predicted octanol–water partition coefficient (Wildman–Crippen LogP) is 8.98. The third-order valence-corrected chi connectivity index (χ3v) is 10.5. The van der Waals surface area contributed by atoms with E-state index < -0.39 is 27.6 Å². The fourth-order valence-electron chi connectivity index (χ4n) is 4.28. The molecule has 0 bridgehead atoms. The van der Waals surface area contributed by atoms with Gasteiger partial charge < -0.3 is 21.5 Å². The number of benzene rings is 2. The lowest BCUT2D eigenvalue weighted by molar-refractivity contribution is -0.385. The summed E-state index contributed by atoms with van der Waals surface area (Å²) >= 11 is 12.6. The summed E-state index contributed by atoms with van der Waals surface area (Å²) in [6, 6.07) is 19.2. The van der Waals surface area contributed by atoms with Gasteiger partial charge in [0.1, 0.15) is 15.6 Å². The Balaban J connectivity index is 0.000000305. The number of alkyl halides is 1. The number of carbonyl (C=O) groups excluding carboxylic acids is 2. The van der Waals surface area contributed by atoms with E-state index in [1.54, 1.807) is 79.0 Å². The largest absolute Gasteiger partial charge is 0.444 e. The minimum Gasteiger partial charge on any atom is -0.444 e. The Morgan fingerprint density at radius 2 is 1.44 bits per heavy atom. The van der Waals surface area contributed by atoms with E-state index in [9.17, 15) is 29.8 Å². The number of alkyl carbamates (subject to hydrolysis) is 1. The maximum absolute atomic E-state index is 12.0. The number of halogens is 2. The Morgan fingerprint density at radius 1 is 0.907 bits per heavy atom. The zero-order valence-electron chi connectivity index (χ0n) is 29.2. The SMILES string of the molecule is Br.CC(C)(C)OC(=O)N[C@@H](Cc1ccc([N+](=O)[O-])cc1)C(=O)CBr.NC(=S)c1cccs1.N[C@@H](Cc1ccc([N+](=O)[O-])cc1)c1csc(-c2cccs2)n1. The number of ketones is 1. The van der Waals surface area contributed by atoms with Crippen LogP contribution >= 0.6 is 79.1 Å². The minimum absolute atomic E-state index is 0. The number of non-ortho nitro benzene ring substituents is 2. The number of hydrogen-bond donors (Lipinski definition) is 3. The Labute approximate surface area is 348 Å². The first-order valence-electron chi connectivity index (χ1n) is 15.7. The van der Waals surface area contributed by atoms with Crippen molar-refractivity contribution in [1.82, 2.24) is 10.3 Å². The van der Waals surface area contributed by atoms with Crippen molar-refractivity contribution in [3.05, 3.63) is 131 Å². The number of nitro groups is 2. The summed E-state index contributed by atoms with van der Waals surface area (Å²) < 4.78 is 5.14. The number of thiazole rings is 1. The van der Waals surface area contributed by atoms with Gasteiger partial charge in [0.25, 0.3) is 11.4 Å². The first-order valence-corrected chi connectivity index (χ1v) is 19.9. The molecular weight excluding hydrogens is 904 g/mol. The van der Waals surface area contributed by atoms with Crippen LogP contribution in [0.4, 0.5) is 16.2 Å². The lowest BCUT2D eigenvalue weighted by Crippen LogP contribution is -2.45. The molecule has 0 unspecified atom stereocenters. The van der Waals surface area contributed by atoms with Gasteiger partial charge in [-0.15, -0.1) is 51.0 Å². The van der Waals surface area contributed by atoms with Crippen molar-refractivity contribution in [2.75, 3.05) is 5.33 Å². The van der Waals surface area contributed by atoms with Crippen molar-refractivity contribution in [3.63, 3.8) is 0 Å². The molecular formula is C35H38Br2N6O7S4. The van der Waals surface area contributed by atoms with E-state index in [1.807, 2.05) is 40.4 Å². The molecule has 5 rings (SSSR count). The Bertz CT molecular complexity index is 1950. The van der Waals surface area contributed by atoms with Crippen molar-refractivity contribution in [2.24, 2.45) is 11.5 Å². The monoisotopic (exact) mass is 940 g/mol. The summed E-state index contributed by atoms with van der Waals surface area (Å²) in [5.41, 5.74) is 13.4. The Kier molecular flexibility index (Phi) is 19.2. The summed E-state index contributed by atoms with van der Waals surface area (Å²) in [6.07, 6.45) is 0.145. The van der Waals surface area contributed by atoms with Crippen LogP contribution in [-0.4, -0.2) is 48.7 Å². The van der Waals surface area contributed by atoms with Crippen LogP contribution in [0.5, 0.6) is 0 Å². The molecule has 0 spiro atoms. The van der Waals surface area contributed by atoms with Crippen LogP contribution in [0, 0.1) is 20.2 Å². The van der Waals surface area contributed by atoms with Gasteiger partial charge in [0.05, 0.1) is 42.7 Å². The van der Waals surface area contributed by atoms with Crippen LogP contribution < -0.4 is 16.8 Å². The number of aromatic nitrogens is 1. The van der Waals surface area contributed by atoms with E-state index in [0.29, 0.717) is 17.0 Å². The zero-order chi connectivity index (χ0) is 39.1. The van der Waals surface area contributed by atoms with E-state index in [-0.39, 0.29) is 51.9 Å². The molecule has 0 aliphatic heterocycles. The zero-order valence-corrected chi connectivity index (χ0v) is 35.8. The Morgan fingerprint density at radius 3 is 1.87 bits per heavy atom. The maximum atomic E-state index is 12.0. The molecule has 19 heteroatoms. The number of ether oxygens (including phenoxy) is 1. The van der Waals surface area contributed by atoms with Gasteiger partial charge in [0.15, 0.2) is 5.78 Å². The first kappa shape index (κ1) is 46.2. The molecule has 2 atom stereocenters. The molecule has 0 radical (unpaired) electrons. The number of thiocarbonyl (C=S) groups is 1. The topological polar surface area (TPSA) is 207 Å². The smallest absolute Gasteiger partial charge is 0.408 e. The summed E-state index contributed by atoms with van der Waals surface area (Å²) in [7, 11) is 0. The highest BCUT2D eigenvalue weighted by Crippen LogP contribution is 2.30. The second-order valence-electron chi connectivity index (χ2n) is 12.1. The quantitative estimate of drug-likeness (QED) is 0.0466. The van der Waals surface area contributed by atoms with Crippen LogP contribution in [0.3, 0.4) is 0 Å². The molecule has 288 valence electrons. The van der Waals surface area contributed by atoms with Crippen molar-refractivity contribution in [2.45, 2.75) is 51.3 Å². The maximum Gasteiger partial charge on any atom is 0.408 e. The third-order valence-electron chi connectivity index (χ3n) is 6.80. The summed E-state index contributed by atoms with van der Waals surface area (Å²) in [4.78, 5) is 51.4. The van der Waals surface area contributed by atoms with E-state index in [0.717, 1.165) is 26.0 Å². The van der Waals surface area contributed by atoms with Gasteiger partial charge in [0, 0.05) is 29.6 Å². The molecule has 0 saturated carbocycles. The first-order chi connectivity index (χ1) is 25.1. The number of amides is 1. The number of carbonyl (C=O) groups is 2. The molecule has 2 aromatic carbocycles. The molecule has 5 aromatic rings. The van der Waals surface area contributed by atoms with Gasteiger partial charge in [-0.1, -0.05) is 64.5 Å². The lowest BCUT2D eigenvalue weighted by atomic mass is 10.0. The van der Waals surface area contributed by atoms with E-state index in [1.165, 1.54) is 24.3 Å². The normalized spacial score (nSPS) is 11.6. The molecule has 3 aromatic heterocycles. The van der Waals surface area contributed by atoms with Crippen molar-refractivity contribution in [1.29, 1.82) is 0 Å². The molecule has 13 nitrogen and oxygen atoms in total. The number of rotatable bonds is 12. The molecule has 0 fully saturated rings.